The smallest absolute Gasteiger partial charge is 0.0807 e. The van der Waals surface area contributed by atoms with Gasteiger partial charge in [-0.1, -0.05) is 0 Å². The van der Waals surface area contributed by atoms with Gasteiger partial charge in [-0.15, -0.1) is 11.8 Å². The van der Waals surface area contributed by atoms with Gasteiger partial charge in [-0.3, -0.25) is 4.90 Å². The average molecular weight is 102 g/mol. The summed E-state index contributed by atoms with van der Waals surface area (Å²) in [7, 11) is 2.10. The Morgan fingerprint density at radius 1 is 1.83 bits per heavy atom. The third kappa shape index (κ3) is 0.884. The molecule has 1 heterocycles. The van der Waals surface area contributed by atoms with E-state index >= 15 is 0 Å². The second-order valence-electron chi connectivity index (χ2n) is 1.46. The molecule has 0 aromatic heterocycles. The summed E-state index contributed by atoms with van der Waals surface area (Å²) < 4.78 is 0. The zero-order chi connectivity index (χ0) is 4.41. The maximum atomic E-state index is 2.20. The molecule has 0 aliphatic carbocycles. The minimum absolute atomic E-state index is 1.23. The summed E-state index contributed by atoms with van der Waals surface area (Å²) in [6.07, 6.45) is 0. The third-order valence-electron chi connectivity index (χ3n) is 0.816. The molecule has 0 saturated carbocycles. The molecule has 1 radical (unpaired) electrons. The molecule has 0 unspecified atom stereocenters. The molecular formula is C4H8NS. The topological polar surface area (TPSA) is 3.24 Å². The van der Waals surface area contributed by atoms with Crippen LogP contribution in [0, 0.1) is 5.88 Å². The van der Waals surface area contributed by atoms with Crippen LogP contribution >= 0.6 is 11.8 Å². The maximum absolute atomic E-state index is 2.20. The number of thioether (sulfide) groups is 1. The highest BCUT2D eigenvalue weighted by Crippen LogP contribution is 2.14. The summed E-state index contributed by atoms with van der Waals surface area (Å²) in [6.45, 7) is 1.23. The summed E-state index contributed by atoms with van der Waals surface area (Å²) in [5, 5.41) is 0. The fraction of sp³-hybridized carbons (Fsp3) is 0.750. The Balaban J connectivity index is 2.18. The van der Waals surface area contributed by atoms with E-state index in [9.17, 15) is 0 Å². The lowest BCUT2D eigenvalue weighted by atomic mass is 10.7. The van der Waals surface area contributed by atoms with E-state index < -0.39 is 0 Å². The van der Waals surface area contributed by atoms with Crippen LogP contribution in [-0.4, -0.2) is 24.2 Å². The monoisotopic (exact) mass is 102 g/mol. The van der Waals surface area contributed by atoms with Crippen LogP contribution in [0.25, 0.3) is 0 Å². The van der Waals surface area contributed by atoms with E-state index in [0.717, 1.165) is 0 Å². The zero-order valence-electron chi connectivity index (χ0n) is 3.85. The van der Waals surface area contributed by atoms with E-state index in [4.69, 9.17) is 0 Å². The van der Waals surface area contributed by atoms with Crippen LogP contribution in [0.4, 0.5) is 0 Å². The lowest BCUT2D eigenvalue weighted by Gasteiger charge is -1.98. The number of hydrogen-bond donors (Lipinski definition) is 0. The first-order chi connectivity index (χ1) is 2.89. The summed E-state index contributed by atoms with van der Waals surface area (Å²) in [5.74, 6) is 3.43. The first-order valence-electron chi connectivity index (χ1n) is 2.05. The lowest BCUT2D eigenvalue weighted by Crippen LogP contribution is -2.07. The van der Waals surface area contributed by atoms with Crippen LogP contribution in [-0.2, 0) is 0 Å². The zero-order valence-corrected chi connectivity index (χ0v) is 4.66. The van der Waals surface area contributed by atoms with Crippen molar-refractivity contribution in [3.8, 4) is 0 Å². The molecule has 2 heteroatoms. The molecule has 1 fully saturated rings. The van der Waals surface area contributed by atoms with E-state index in [1.54, 1.807) is 0 Å². The fourth-order valence-electron chi connectivity index (χ4n) is 0.429. The van der Waals surface area contributed by atoms with Gasteiger partial charge in [0.25, 0.3) is 0 Å². The van der Waals surface area contributed by atoms with Crippen molar-refractivity contribution in [3.63, 3.8) is 0 Å². The van der Waals surface area contributed by atoms with Gasteiger partial charge in [0, 0.05) is 12.3 Å². The summed E-state index contributed by atoms with van der Waals surface area (Å²) in [5.41, 5.74) is 0. The van der Waals surface area contributed by atoms with Crippen molar-refractivity contribution in [1.29, 1.82) is 0 Å². The Hall–Kier alpha value is 0.310. The molecular weight excluding hydrogens is 94.1 g/mol. The predicted octanol–water partition coefficient (Wildman–Crippen LogP) is 0.784. The molecule has 0 atom stereocenters. The van der Waals surface area contributed by atoms with Crippen molar-refractivity contribution in [1.82, 2.24) is 4.90 Å². The molecule has 35 valence electrons. The van der Waals surface area contributed by atoms with E-state index in [1.165, 1.54) is 12.3 Å². The van der Waals surface area contributed by atoms with E-state index in [1.807, 2.05) is 11.8 Å². The number of rotatable bonds is 0. The van der Waals surface area contributed by atoms with Gasteiger partial charge in [-0.05, 0) is 7.05 Å². The standard InChI is InChI=1S/C4H8NS/c1-5-2-3-6-4-5/h4H,2-3H2,1H3. The molecule has 1 saturated heterocycles. The van der Waals surface area contributed by atoms with Crippen molar-refractivity contribution in [2.75, 3.05) is 19.3 Å². The Bertz CT molecular complexity index is 40.8. The van der Waals surface area contributed by atoms with Gasteiger partial charge in [0.2, 0.25) is 0 Å². The van der Waals surface area contributed by atoms with Crippen LogP contribution in [0.1, 0.15) is 0 Å². The maximum Gasteiger partial charge on any atom is 0.0807 e. The van der Waals surface area contributed by atoms with Gasteiger partial charge in [-0.25, -0.2) is 0 Å². The first kappa shape index (κ1) is 4.47. The largest absolute Gasteiger partial charge is 0.292 e. The van der Waals surface area contributed by atoms with Crippen molar-refractivity contribution in [2.24, 2.45) is 0 Å². The van der Waals surface area contributed by atoms with Crippen LogP contribution in [0.15, 0.2) is 0 Å². The van der Waals surface area contributed by atoms with Gasteiger partial charge in [0.15, 0.2) is 0 Å². The van der Waals surface area contributed by atoms with Crippen molar-refractivity contribution in [2.45, 2.75) is 0 Å². The Morgan fingerprint density at radius 3 is 2.83 bits per heavy atom. The second kappa shape index (κ2) is 1.85. The van der Waals surface area contributed by atoms with Crippen LogP contribution in [0.2, 0.25) is 0 Å². The van der Waals surface area contributed by atoms with Gasteiger partial charge < -0.3 is 0 Å². The highest BCUT2D eigenvalue weighted by Gasteiger charge is 2.04. The quantitative estimate of drug-likeness (QED) is 0.445. The minimum atomic E-state index is 1.23. The summed E-state index contributed by atoms with van der Waals surface area (Å²) >= 11 is 1.88. The molecule has 0 N–H and O–H groups in total. The SMILES string of the molecule is CN1[CH]SCC1. The molecule has 0 bridgehead atoms. The van der Waals surface area contributed by atoms with Crippen molar-refractivity contribution >= 4 is 11.8 Å². The molecule has 1 nitrogen and oxygen atoms in total. The molecule has 0 spiro atoms. The molecule has 1 aliphatic rings. The molecule has 6 heavy (non-hydrogen) atoms. The van der Waals surface area contributed by atoms with Gasteiger partial charge in [0.05, 0.1) is 5.88 Å². The molecule has 1 aliphatic heterocycles. The van der Waals surface area contributed by atoms with Gasteiger partial charge in [0.1, 0.15) is 0 Å². The fourth-order valence-corrected chi connectivity index (χ4v) is 1.29. The van der Waals surface area contributed by atoms with Crippen molar-refractivity contribution < 1.29 is 0 Å². The normalized spacial score (nSPS) is 25.5. The first-order valence-corrected chi connectivity index (χ1v) is 3.09. The minimum Gasteiger partial charge on any atom is -0.292 e. The average Bonchev–Trinajstić information content (AvgIpc) is 1.86. The molecule has 0 amide bonds. The van der Waals surface area contributed by atoms with Gasteiger partial charge >= 0.3 is 0 Å². The predicted molar refractivity (Wildman–Crippen MR) is 29.4 cm³/mol. The van der Waals surface area contributed by atoms with Crippen LogP contribution in [0.3, 0.4) is 0 Å². The highest BCUT2D eigenvalue weighted by atomic mass is 32.2. The van der Waals surface area contributed by atoms with E-state index in [0.29, 0.717) is 0 Å². The lowest BCUT2D eigenvalue weighted by molar-refractivity contribution is 0.486. The Kier molecular flexibility index (Phi) is 1.37. The summed E-state index contributed by atoms with van der Waals surface area (Å²) in [6, 6.07) is 0. The molecule has 0 aromatic carbocycles. The van der Waals surface area contributed by atoms with Crippen molar-refractivity contribution in [3.05, 3.63) is 5.88 Å². The number of hydrogen-bond acceptors (Lipinski definition) is 2. The van der Waals surface area contributed by atoms with E-state index in [2.05, 4.69) is 17.8 Å². The third-order valence-corrected chi connectivity index (χ3v) is 1.74. The molecule has 0 aromatic rings. The second-order valence-corrected chi connectivity index (χ2v) is 2.41. The number of nitrogens with zero attached hydrogens (tertiary/aromatic N) is 1. The molecule has 1 rings (SSSR count). The Morgan fingerprint density at radius 2 is 2.67 bits per heavy atom. The van der Waals surface area contributed by atoms with E-state index in [-0.39, 0.29) is 0 Å². The van der Waals surface area contributed by atoms with Crippen LogP contribution in [0.5, 0.6) is 0 Å². The highest BCUT2D eigenvalue weighted by molar-refractivity contribution is 8.01. The summed E-state index contributed by atoms with van der Waals surface area (Å²) in [4.78, 5) is 2.20. The Labute approximate surface area is 42.7 Å². The van der Waals surface area contributed by atoms with Gasteiger partial charge in [-0.2, -0.15) is 0 Å². The van der Waals surface area contributed by atoms with Crippen LogP contribution < -0.4 is 0 Å².